The number of amides is 1. The number of aryl methyl sites for hydroxylation is 2. The Morgan fingerprint density at radius 1 is 1.15 bits per heavy atom. The molecule has 3 rings (SSSR count). The summed E-state index contributed by atoms with van der Waals surface area (Å²) in [6.45, 7) is 9.68. The van der Waals surface area contributed by atoms with Crippen LogP contribution in [0, 0.1) is 19.3 Å². The molecule has 2 aliphatic heterocycles. The second-order valence-electron chi connectivity index (χ2n) is 6.97. The summed E-state index contributed by atoms with van der Waals surface area (Å²) in [6, 6.07) is 0. The Hall–Kier alpha value is -0.860. The number of carbonyl (C=O) groups is 1. The Bertz CT molecular complexity index is 563. The molecule has 2 saturated heterocycles. The summed E-state index contributed by atoms with van der Waals surface area (Å²) in [7, 11) is 0. The molecule has 0 aromatic carbocycles. The van der Waals surface area contributed by atoms with E-state index in [-0.39, 0.29) is 30.7 Å². The van der Waals surface area contributed by atoms with Crippen LogP contribution in [0.25, 0.3) is 0 Å². The van der Waals surface area contributed by atoms with Crippen LogP contribution >= 0.6 is 24.8 Å². The molecular weight excluding hydrogens is 379 g/mol. The summed E-state index contributed by atoms with van der Waals surface area (Å²) in [5.74, 6) is 1.10. The van der Waals surface area contributed by atoms with Gasteiger partial charge in [0.1, 0.15) is 5.76 Å². The third-order valence-corrected chi connectivity index (χ3v) is 5.52. The normalized spacial score (nSPS) is 20.2. The molecule has 2 aliphatic rings. The minimum Gasteiger partial charge on any atom is -0.381 e. The highest BCUT2D eigenvalue weighted by molar-refractivity contribution is 5.85. The van der Waals surface area contributed by atoms with Gasteiger partial charge in [0.2, 0.25) is 5.91 Å². The first-order valence-corrected chi connectivity index (χ1v) is 8.77. The third kappa shape index (κ3) is 4.70. The Morgan fingerprint density at radius 3 is 2.27 bits per heavy atom. The lowest BCUT2D eigenvalue weighted by Gasteiger charge is -2.42. The zero-order valence-electron chi connectivity index (χ0n) is 15.5. The summed E-state index contributed by atoms with van der Waals surface area (Å²) in [4.78, 5) is 17.3. The lowest BCUT2D eigenvalue weighted by Crippen LogP contribution is -2.56. The number of nitrogens with two attached hydrogens (primary N) is 1. The van der Waals surface area contributed by atoms with Gasteiger partial charge in [-0.15, -0.1) is 24.8 Å². The summed E-state index contributed by atoms with van der Waals surface area (Å²) in [5, 5.41) is 4.01. The van der Waals surface area contributed by atoms with E-state index in [1.165, 1.54) is 0 Å². The van der Waals surface area contributed by atoms with E-state index in [0.29, 0.717) is 19.8 Å². The van der Waals surface area contributed by atoms with Crippen LogP contribution in [0.15, 0.2) is 4.52 Å². The molecule has 0 spiro atoms. The fraction of sp³-hybridized carbons (Fsp3) is 0.765. The number of piperazine rings is 1. The average molecular weight is 409 g/mol. The molecular formula is C17H30Cl2N4O3. The van der Waals surface area contributed by atoms with Gasteiger partial charge < -0.3 is 19.9 Å². The van der Waals surface area contributed by atoms with Gasteiger partial charge in [-0.2, -0.15) is 0 Å². The largest absolute Gasteiger partial charge is 0.381 e. The molecule has 1 aromatic heterocycles. The van der Waals surface area contributed by atoms with Gasteiger partial charge in [-0.25, -0.2) is 0 Å². The van der Waals surface area contributed by atoms with Gasteiger partial charge in [0.05, 0.1) is 11.1 Å². The van der Waals surface area contributed by atoms with Crippen molar-refractivity contribution in [3.8, 4) is 0 Å². The maximum atomic E-state index is 13.0. The van der Waals surface area contributed by atoms with Crippen LogP contribution in [0.3, 0.4) is 0 Å². The Balaban J connectivity index is 0.00000169. The van der Waals surface area contributed by atoms with Crippen LogP contribution in [-0.2, 0) is 16.1 Å². The molecule has 1 aromatic rings. The van der Waals surface area contributed by atoms with E-state index in [1.54, 1.807) is 0 Å². The fourth-order valence-corrected chi connectivity index (χ4v) is 3.66. The molecule has 1 amide bonds. The second kappa shape index (κ2) is 9.90. The molecule has 26 heavy (non-hydrogen) atoms. The molecule has 9 heteroatoms. The standard InChI is InChI=1S/C17H28N4O3.2ClH/c1-13-15(14(2)24-19-13)11-20-5-7-21(8-6-20)16(22)17(12-18)3-9-23-10-4-17;;/h3-12,18H2,1-2H3;2*1H. The molecule has 7 nitrogen and oxygen atoms in total. The van der Waals surface area contributed by atoms with Gasteiger partial charge in [0, 0.05) is 58.0 Å². The van der Waals surface area contributed by atoms with Gasteiger partial charge in [-0.1, -0.05) is 5.16 Å². The molecule has 2 N–H and O–H groups in total. The predicted octanol–water partition coefficient (Wildman–Crippen LogP) is 1.53. The van der Waals surface area contributed by atoms with Gasteiger partial charge in [-0.3, -0.25) is 9.69 Å². The molecule has 2 fully saturated rings. The van der Waals surface area contributed by atoms with E-state index in [4.69, 9.17) is 15.0 Å². The highest BCUT2D eigenvalue weighted by atomic mass is 35.5. The Morgan fingerprint density at radius 2 is 1.77 bits per heavy atom. The molecule has 150 valence electrons. The van der Waals surface area contributed by atoms with E-state index in [1.807, 2.05) is 18.7 Å². The van der Waals surface area contributed by atoms with E-state index >= 15 is 0 Å². The first kappa shape index (κ1) is 23.2. The number of halogens is 2. The number of ether oxygens (including phenoxy) is 1. The number of aromatic nitrogens is 1. The quantitative estimate of drug-likeness (QED) is 0.812. The zero-order valence-corrected chi connectivity index (χ0v) is 17.2. The summed E-state index contributed by atoms with van der Waals surface area (Å²) >= 11 is 0. The second-order valence-corrected chi connectivity index (χ2v) is 6.97. The highest BCUT2D eigenvalue weighted by Gasteiger charge is 2.42. The monoisotopic (exact) mass is 408 g/mol. The SMILES string of the molecule is Cc1noc(C)c1CN1CCN(C(=O)C2(CN)CCOCC2)CC1.Cl.Cl. The fourth-order valence-electron chi connectivity index (χ4n) is 3.66. The summed E-state index contributed by atoms with van der Waals surface area (Å²) < 4.78 is 10.6. The minimum absolute atomic E-state index is 0. The van der Waals surface area contributed by atoms with Crippen molar-refractivity contribution in [1.82, 2.24) is 15.0 Å². The number of carbonyl (C=O) groups excluding carboxylic acids is 1. The molecule has 0 unspecified atom stereocenters. The van der Waals surface area contributed by atoms with E-state index in [0.717, 1.165) is 62.6 Å². The molecule has 0 aliphatic carbocycles. The molecule has 0 atom stereocenters. The third-order valence-electron chi connectivity index (χ3n) is 5.52. The van der Waals surface area contributed by atoms with Gasteiger partial charge in [0.15, 0.2) is 0 Å². The lowest BCUT2D eigenvalue weighted by atomic mass is 9.78. The van der Waals surface area contributed by atoms with Crippen LogP contribution in [-0.4, -0.2) is 66.8 Å². The average Bonchev–Trinajstić information content (AvgIpc) is 2.94. The number of hydrogen-bond acceptors (Lipinski definition) is 6. The van der Waals surface area contributed by atoms with Crippen molar-refractivity contribution in [2.24, 2.45) is 11.1 Å². The van der Waals surface area contributed by atoms with Gasteiger partial charge >= 0.3 is 0 Å². The smallest absolute Gasteiger partial charge is 0.230 e. The highest BCUT2D eigenvalue weighted by Crippen LogP contribution is 2.32. The van der Waals surface area contributed by atoms with Crippen LogP contribution in [0.1, 0.15) is 29.9 Å². The number of nitrogens with zero attached hydrogens (tertiary/aromatic N) is 3. The number of rotatable bonds is 4. The summed E-state index contributed by atoms with van der Waals surface area (Å²) in [5.41, 5.74) is 7.67. The predicted molar refractivity (Wildman–Crippen MR) is 104 cm³/mol. The van der Waals surface area contributed by atoms with E-state index < -0.39 is 5.41 Å². The number of hydrogen-bond donors (Lipinski definition) is 1. The van der Waals surface area contributed by atoms with Crippen LogP contribution < -0.4 is 5.73 Å². The Labute approximate surface area is 167 Å². The van der Waals surface area contributed by atoms with Gasteiger partial charge in [0.25, 0.3) is 0 Å². The Kier molecular flexibility index (Phi) is 8.82. The first-order chi connectivity index (χ1) is 11.6. The molecule has 3 heterocycles. The van der Waals surface area contributed by atoms with Gasteiger partial charge in [-0.05, 0) is 26.7 Å². The van der Waals surface area contributed by atoms with Crippen molar-refractivity contribution in [2.45, 2.75) is 33.2 Å². The lowest BCUT2D eigenvalue weighted by molar-refractivity contribution is -0.149. The molecule has 0 radical (unpaired) electrons. The van der Waals surface area contributed by atoms with E-state index in [2.05, 4.69) is 10.1 Å². The van der Waals surface area contributed by atoms with Crippen LogP contribution in [0.5, 0.6) is 0 Å². The maximum Gasteiger partial charge on any atom is 0.230 e. The van der Waals surface area contributed by atoms with Crippen molar-refractivity contribution in [1.29, 1.82) is 0 Å². The van der Waals surface area contributed by atoms with E-state index in [9.17, 15) is 4.79 Å². The topological polar surface area (TPSA) is 84.8 Å². The van der Waals surface area contributed by atoms with Crippen molar-refractivity contribution >= 4 is 30.7 Å². The maximum absolute atomic E-state index is 13.0. The molecule has 0 saturated carbocycles. The molecule has 0 bridgehead atoms. The van der Waals surface area contributed by atoms with Crippen LogP contribution in [0.4, 0.5) is 0 Å². The van der Waals surface area contributed by atoms with Crippen LogP contribution in [0.2, 0.25) is 0 Å². The zero-order chi connectivity index (χ0) is 17.2. The summed E-state index contributed by atoms with van der Waals surface area (Å²) in [6.07, 6.45) is 1.48. The van der Waals surface area contributed by atoms with Crippen molar-refractivity contribution < 1.29 is 14.1 Å². The minimum atomic E-state index is -0.415. The van der Waals surface area contributed by atoms with Crippen molar-refractivity contribution in [2.75, 3.05) is 45.9 Å². The van der Waals surface area contributed by atoms with Crippen molar-refractivity contribution in [3.05, 3.63) is 17.0 Å². The first-order valence-electron chi connectivity index (χ1n) is 8.77. The van der Waals surface area contributed by atoms with Crippen molar-refractivity contribution in [3.63, 3.8) is 0 Å².